The van der Waals surface area contributed by atoms with Crippen LogP contribution in [-0.2, 0) is 0 Å². The summed E-state index contributed by atoms with van der Waals surface area (Å²) in [6, 6.07) is 36.0. The summed E-state index contributed by atoms with van der Waals surface area (Å²) in [5.41, 5.74) is 0. The van der Waals surface area contributed by atoms with Gasteiger partial charge in [-0.2, -0.15) is 0 Å². The fourth-order valence-corrected chi connectivity index (χ4v) is 1.15. The molecule has 202 valence electrons. The van der Waals surface area contributed by atoms with Gasteiger partial charge in [0.2, 0.25) is 0 Å². The molecule has 3 aromatic carbocycles. The van der Waals surface area contributed by atoms with Crippen molar-refractivity contribution in [3.05, 3.63) is 109 Å². The topological polar surface area (TPSA) is 0 Å². The first-order chi connectivity index (χ1) is 17.0. The Kier molecular flexibility index (Phi) is 172. The van der Waals surface area contributed by atoms with Crippen LogP contribution in [0.3, 0.4) is 0 Å². The molecule has 0 nitrogen and oxygen atoms in total. The molecule has 0 heteroatoms. The molecule has 0 aliphatic rings. The normalized spacial score (nSPS) is 5.65. The van der Waals surface area contributed by atoms with E-state index in [0.29, 0.717) is 0 Å². The number of hydrogen-bond donors (Lipinski definition) is 0. The van der Waals surface area contributed by atoms with Crippen LogP contribution in [0.1, 0.15) is 111 Å². The van der Waals surface area contributed by atoms with Gasteiger partial charge in [-0.1, -0.05) is 220 Å². The van der Waals surface area contributed by atoms with E-state index >= 15 is 0 Å². The third kappa shape index (κ3) is 99.3. The average molecular weight is 475 g/mol. The average Bonchev–Trinajstić information content (AvgIpc) is 3.04. The molecular weight excluding hydrogens is 408 g/mol. The lowest BCUT2D eigenvalue weighted by atomic mass is 10.4. The lowest BCUT2D eigenvalue weighted by Crippen LogP contribution is -1.47. The third-order valence-corrected chi connectivity index (χ3v) is 2.00. The zero-order chi connectivity index (χ0) is 28.7. The number of benzene rings is 3. The van der Waals surface area contributed by atoms with Crippen molar-refractivity contribution in [1.82, 2.24) is 0 Å². The highest BCUT2D eigenvalue weighted by Gasteiger charge is 1.59. The number of hydrogen-bond acceptors (Lipinski definition) is 0. The Balaban J connectivity index is -0.0000000387. The van der Waals surface area contributed by atoms with Crippen molar-refractivity contribution in [2.24, 2.45) is 0 Å². The molecule has 0 heterocycles. The first-order valence-corrected chi connectivity index (χ1v) is 14.0. The molecule has 0 bridgehead atoms. The van der Waals surface area contributed by atoms with Crippen LogP contribution in [0.25, 0.3) is 0 Å². The summed E-state index contributed by atoms with van der Waals surface area (Å²) in [5.74, 6) is 0. The van der Waals surface area contributed by atoms with Crippen LogP contribution in [0.4, 0.5) is 0 Å². The maximum absolute atomic E-state index is 2.00. The quantitative estimate of drug-likeness (QED) is 0.304. The first kappa shape index (κ1) is 53.2. The largest absolute Gasteiger partial charge is 0.0683 e. The van der Waals surface area contributed by atoms with E-state index in [4.69, 9.17) is 0 Å². The van der Waals surface area contributed by atoms with E-state index < -0.39 is 0 Å². The van der Waals surface area contributed by atoms with Crippen molar-refractivity contribution in [2.45, 2.75) is 111 Å². The minimum absolute atomic E-state index is 2.00. The molecule has 0 N–H and O–H groups in total. The van der Waals surface area contributed by atoms with Gasteiger partial charge >= 0.3 is 0 Å². The molecule has 0 saturated heterocycles. The molecule has 3 rings (SSSR count). The highest BCUT2D eigenvalue weighted by molar-refractivity contribution is 5.00. The van der Waals surface area contributed by atoms with Crippen molar-refractivity contribution in [1.29, 1.82) is 0 Å². The molecule has 0 spiro atoms. The van der Waals surface area contributed by atoms with Crippen LogP contribution in [-0.4, -0.2) is 0 Å². The van der Waals surface area contributed by atoms with E-state index in [0.717, 1.165) is 0 Å². The summed E-state index contributed by atoms with van der Waals surface area (Å²) in [6.45, 7) is 32.0. The predicted molar refractivity (Wildman–Crippen MR) is 170 cm³/mol. The van der Waals surface area contributed by atoms with Gasteiger partial charge in [-0.25, -0.2) is 0 Å². The van der Waals surface area contributed by atoms with Crippen molar-refractivity contribution in [3.63, 3.8) is 0 Å². The molecule has 0 aromatic heterocycles. The molecule has 0 saturated carbocycles. The minimum Gasteiger partial charge on any atom is -0.0683 e. The van der Waals surface area contributed by atoms with Crippen LogP contribution >= 0.6 is 0 Å². The summed E-state index contributed by atoms with van der Waals surface area (Å²) in [4.78, 5) is 0. The maximum Gasteiger partial charge on any atom is -0.0623 e. The second kappa shape index (κ2) is 110. The minimum atomic E-state index is 2.00. The van der Waals surface area contributed by atoms with Gasteiger partial charge in [0, 0.05) is 0 Å². The van der Waals surface area contributed by atoms with Crippen LogP contribution in [0.5, 0.6) is 0 Å². The Labute approximate surface area is 219 Å². The van der Waals surface area contributed by atoms with Gasteiger partial charge in [0.05, 0.1) is 0 Å². The zero-order valence-corrected chi connectivity index (χ0v) is 26.4. The summed E-state index contributed by atoms with van der Waals surface area (Å²) < 4.78 is 0. The van der Waals surface area contributed by atoms with Crippen molar-refractivity contribution >= 4 is 0 Å². The van der Waals surface area contributed by atoms with Gasteiger partial charge in [-0.3, -0.25) is 0 Å². The maximum atomic E-state index is 2.00. The van der Waals surface area contributed by atoms with E-state index in [1.54, 1.807) is 0 Å². The van der Waals surface area contributed by atoms with Gasteiger partial charge in [0.1, 0.15) is 0 Å². The Hall–Kier alpha value is -2.34. The summed E-state index contributed by atoms with van der Waals surface area (Å²) in [5, 5.41) is 0. The fourth-order valence-electron chi connectivity index (χ4n) is 1.15. The van der Waals surface area contributed by atoms with Gasteiger partial charge in [-0.15, -0.1) is 0 Å². The molecule has 0 radical (unpaired) electrons. The second-order valence-electron chi connectivity index (χ2n) is 3.46. The lowest BCUT2D eigenvalue weighted by Gasteiger charge is -1.69. The monoisotopic (exact) mass is 475 g/mol. The van der Waals surface area contributed by atoms with Crippen LogP contribution in [0, 0.1) is 0 Å². The smallest absolute Gasteiger partial charge is 0.0623 e. The Morgan fingerprint density at radius 2 is 0.147 bits per heavy atom. The molecular formula is C34H66. The highest BCUT2D eigenvalue weighted by atomic mass is 13.7. The van der Waals surface area contributed by atoms with Crippen LogP contribution in [0.15, 0.2) is 109 Å². The molecule has 0 fully saturated rings. The number of rotatable bonds is 0. The van der Waals surface area contributed by atoms with E-state index in [1.807, 2.05) is 220 Å². The molecule has 0 amide bonds. The summed E-state index contributed by atoms with van der Waals surface area (Å²) >= 11 is 0. The third-order valence-electron chi connectivity index (χ3n) is 2.00. The molecule has 0 aliphatic heterocycles. The van der Waals surface area contributed by atoms with Crippen molar-refractivity contribution in [2.75, 3.05) is 0 Å². The lowest BCUT2D eigenvalue weighted by molar-refractivity contribution is 1.50. The second-order valence-corrected chi connectivity index (χ2v) is 3.46. The standard InChI is InChI=1S/3C6H6.8C2H6/c3*1-2-4-6-5-3-1;8*1-2/h3*1-6H;8*1-2H3. The van der Waals surface area contributed by atoms with E-state index in [1.165, 1.54) is 0 Å². The van der Waals surface area contributed by atoms with Crippen LogP contribution < -0.4 is 0 Å². The van der Waals surface area contributed by atoms with Crippen molar-refractivity contribution < 1.29 is 0 Å². The zero-order valence-electron chi connectivity index (χ0n) is 26.4. The predicted octanol–water partition coefficient (Wildman–Crippen LogP) is 13.3. The molecule has 0 atom stereocenters. The highest BCUT2D eigenvalue weighted by Crippen LogP contribution is 1.81. The van der Waals surface area contributed by atoms with Gasteiger partial charge in [-0.05, 0) is 0 Å². The Morgan fingerprint density at radius 3 is 0.176 bits per heavy atom. The van der Waals surface area contributed by atoms with Gasteiger partial charge < -0.3 is 0 Å². The molecule has 0 aliphatic carbocycles. The SMILES string of the molecule is CC.CC.CC.CC.CC.CC.CC.CC.c1ccccc1.c1ccccc1.c1ccccc1. The van der Waals surface area contributed by atoms with Gasteiger partial charge in [0.15, 0.2) is 0 Å². The molecule has 0 unspecified atom stereocenters. The summed E-state index contributed by atoms with van der Waals surface area (Å²) in [6.07, 6.45) is 0. The Bertz CT molecular complexity index is 291. The Morgan fingerprint density at radius 1 is 0.118 bits per heavy atom. The van der Waals surface area contributed by atoms with Gasteiger partial charge in [0.25, 0.3) is 0 Å². The van der Waals surface area contributed by atoms with E-state index in [-0.39, 0.29) is 0 Å². The molecule has 3 aromatic rings. The fraction of sp³-hybridized carbons (Fsp3) is 0.471. The van der Waals surface area contributed by atoms with Crippen LogP contribution in [0.2, 0.25) is 0 Å². The van der Waals surface area contributed by atoms with E-state index in [9.17, 15) is 0 Å². The first-order valence-electron chi connectivity index (χ1n) is 14.0. The van der Waals surface area contributed by atoms with E-state index in [2.05, 4.69) is 0 Å². The van der Waals surface area contributed by atoms with Crippen molar-refractivity contribution in [3.8, 4) is 0 Å². The molecule has 34 heavy (non-hydrogen) atoms. The summed E-state index contributed by atoms with van der Waals surface area (Å²) in [7, 11) is 0.